The second-order valence-electron chi connectivity index (χ2n) is 6.94. The minimum absolute atomic E-state index is 0.100. The molecule has 0 spiro atoms. The average Bonchev–Trinajstić information content (AvgIpc) is 2.78. The number of hydrogen-bond donors (Lipinski definition) is 2. The normalized spacial score (nSPS) is 10.8. The number of hydrogen-bond acceptors (Lipinski definition) is 6. The van der Waals surface area contributed by atoms with Gasteiger partial charge in [0.1, 0.15) is 11.5 Å². The number of amides is 1. The predicted molar refractivity (Wildman–Crippen MR) is 117 cm³/mol. The summed E-state index contributed by atoms with van der Waals surface area (Å²) in [5, 5.41) is 4.49. The van der Waals surface area contributed by atoms with E-state index in [4.69, 9.17) is 0 Å². The Kier molecular flexibility index (Phi) is 5.50. The van der Waals surface area contributed by atoms with Crippen molar-refractivity contribution in [2.45, 2.75) is 20.4 Å². The lowest BCUT2D eigenvalue weighted by Gasteiger charge is -2.15. The molecule has 0 bridgehead atoms. The summed E-state index contributed by atoms with van der Waals surface area (Å²) in [6.07, 6.45) is 0. The third-order valence-electron chi connectivity index (χ3n) is 4.87. The molecule has 32 heavy (non-hydrogen) atoms. The maximum Gasteiger partial charge on any atom is 0.294 e. The number of benzene rings is 2. The zero-order chi connectivity index (χ0) is 22.8. The van der Waals surface area contributed by atoms with Gasteiger partial charge in [0, 0.05) is 18.3 Å². The Hall–Kier alpha value is -4.34. The van der Waals surface area contributed by atoms with E-state index in [2.05, 4.69) is 20.9 Å². The standard InChI is InChI=1S/C22H19FN6O3/c1-3-28-21(32)14-8-4-6-10-16(14)24-22(28)26-25-20(31)19-18(30)12-13(2)29(27-19)17-11-7-5-9-15(17)23/h4-12H,3H2,1-2H3,(H,24,26)(H,25,31). The maximum atomic E-state index is 14.2. The van der Waals surface area contributed by atoms with Crippen molar-refractivity contribution in [2.75, 3.05) is 5.43 Å². The quantitative estimate of drug-likeness (QED) is 0.466. The smallest absolute Gasteiger partial charge is 0.287 e. The Morgan fingerprint density at radius 2 is 1.81 bits per heavy atom. The van der Waals surface area contributed by atoms with Crippen LogP contribution in [0.25, 0.3) is 16.6 Å². The van der Waals surface area contributed by atoms with Crippen LogP contribution in [-0.4, -0.2) is 25.2 Å². The van der Waals surface area contributed by atoms with E-state index in [1.165, 1.54) is 33.5 Å². The van der Waals surface area contributed by atoms with Gasteiger partial charge in [-0.1, -0.05) is 24.3 Å². The highest BCUT2D eigenvalue weighted by Gasteiger charge is 2.18. The largest absolute Gasteiger partial charge is 0.294 e. The van der Waals surface area contributed by atoms with Crippen molar-refractivity contribution < 1.29 is 9.18 Å². The van der Waals surface area contributed by atoms with Crippen LogP contribution in [0.3, 0.4) is 0 Å². The molecule has 4 aromatic rings. The van der Waals surface area contributed by atoms with E-state index >= 15 is 0 Å². The van der Waals surface area contributed by atoms with Crippen LogP contribution < -0.4 is 21.8 Å². The van der Waals surface area contributed by atoms with Gasteiger partial charge in [0.2, 0.25) is 11.4 Å². The Morgan fingerprint density at radius 3 is 2.56 bits per heavy atom. The summed E-state index contributed by atoms with van der Waals surface area (Å²) < 4.78 is 16.7. The number of aryl methyl sites for hydroxylation is 1. The fourth-order valence-corrected chi connectivity index (χ4v) is 3.30. The number of rotatable bonds is 5. The fourth-order valence-electron chi connectivity index (χ4n) is 3.30. The van der Waals surface area contributed by atoms with Crippen molar-refractivity contribution >= 4 is 22.8 Å². The molecule has 0 saturated carbocycles. The van der Waals surface area contributed by atoms with Crippen LogP contribution in [0.1, 0.15) is 23.1 Å². The topological polar surface area (TPSA) is 111 Å². The minimum Gasteiger partial charge on any atom is -0.287 e. The van der Waals surface area contributed by atoms with Gasteiger partial charge in [-0.05, 0) is 38.1 Å². The van der Waals surface area contributed by atoms with Crippen molar-refractivity contribution in [3.63, 3.8) is 0 Å². The van der Waals surface area contributed by atoms with E-state index in [-0.39, 0.29) is 17.2 Å². The van der Waals surface area contributed by atoms with Gasteiger partial charge in [0.25, 0.3) is 11.5 Å². The third-order valence-corrected chi connectivity index (χ3v) is 4.87. The Morgan fingerprint density at radius 1 is 1.09 bits per heavy atom. The number of aromatic nitrogens is 4. The second kappa shape index (κ2) is 8.42. The Balaban J connectivity index is 1.67. The van der Waals surface area contributed by atoms with E-state index in [0.717, 1.165) is 0 Å². The van der Waals surface area contributed by atoms with Crippen molar-refractivity contribution in [1.29, 1.82) is 0 Å². The van der Waals surface area contributed by atoms with E-state index in [1.54, 1.807) is 44.2 Å². The number of para-hydroxylation sites is 2. The summed E-state index contributed by atoms with van der Waals surface area (Å²) in [7, 11) is 0. The molecule has 1 amide bonds. The number of carbonyl (C=O) groups excluding carboxylic acids is 1. The molecule has 0 aliphatic rings. The zero-order valence-corrected chi connectivity index (χ0v) is 17.3. The van der Waals surface area contributed by atoms with Crippen molar-refractivity contribution in [3.05, 3.63) is 92.4 Å². The minimum atomic E-state index is -0.856. The summed E-state index contributed by atoms with van der Waals surface area (Å²) in [6.45, 7) is 3.65. The van der Waals surface area contributed by atoms with Gasteiger partial charge in [-0.25, -0.2) is 14.1 Å². The summed E-state index contributed by atoms with van der Waals surface area (Å²) in [6, 6.07) is 13.9. The lowest BCUT2D eigenvalue weighted by molar-refractivity contribution is 0.0954. The number of carbonyl (C=O) groups is 1. The number of anilines is 1. The number of fused-ring (bicyclic) bond motifs is 1. The van der Waals surface area contributed by atoms with Crippen LogP contribution in [0.5, 0.6) is 0 Å². The number of nitrogens with one attached hydrogen (secondary N) is 2. The first-order valence-corrected chi connectivity index (χ1v) is 9.82. The van der Waals surface area contributed by atoms with Crippen molar-refractivity contribution in [1.82, 2.24) is 24.8 Å². The molecule has 0 unspecified atom stereocenters. The summed E-state index contributed by atoms with van der Waals surface area (Å²) in [5.41, 5.74) is 4.52. The van der Waals surface area contributed by atoms with Gasteiger partial charge in [-0.15, -0.1) is 0 Å². The molecule has 0 aliphatic heterocycles. The first-order chi connectivity index (χ1) is 15.4. The van der Waals surface area contributed by atoms with E-state index < -0.39 is 22.8 Å². The molecule has 10 heteroatoms. The van der Waals surface area contributed by atoms with Gasteiger partial charge >= 0.3 is 0 Å². The summed E-state index contributed by atoms with van der Waals surface area (Å²) in [4.78, 5) is 42.2. The van der Waals surface area contributed by atoms with Gasteiger partial charge in [0.15, 0.2) is 5.69 Å². The van der Waals surface area contributed by atoms with Crippen LogP contribution >= 0.6 is 0 Å². The monoisotopic (exact) mass is 434 g/mol. The van der Waals surface area contributed by atoms with Crippen LogP contribution in [0.2, 0.25) is 0 Å². The SMILES string of the molecule is CCn1c(NNC(=O)c2nn(-c3ccccc3F)c(C)cc2=O)nc2ccccc2c1=O. The van der Waals surface area contributed by atoms with Crippen LogP contribution in [0.4, 0.5) is 10.3 Å². The maximum absolute atomic E-state index is 14.2. The van der Waals surface area contributed by atoms with Gasteiger partial charge < -0.3 is 0 Å². The van der Waals surface area contributed by atoms with Gasteiger partial charge in [-0.3, -0.25) is 29.8 Å². The fraction of sp³-hybridized carbons (Fsp3) is 0.136. The highest BCUT2D eigenvalue weighted by Crippen LogP contribution is 2.13. The predicted octanol–water partition coefficient (Wildman–Crippen LogP) is 2.17. The zero-order valence-electron chi connectivity index (χ0n) is 17.3. The molecule has 2 aromatic carbocycles. The molecule has 2 N–H and O–H groups in total. The van der Waals surface area contributed by atoms with Crippen LogP contribution in [-0.2, 0) is 6.54 Å². The molecule has 9 nitrogen and oxygen atoms in total. The van der Waals surface area contributed by atoms with Gasteiger partial charge in [-0.2, -0.15) is 5.10 Å². The molecular weight excluding hydrogens is 415 g/mol. The Labute approximate surface area is 181 Å². The van der Waals surface area contributed by atoms with E-state index in [0.29, 0.717) is 23.1 Å². The van der Waals surface area contributed by atoms with Gasteiger partial charge in [0.05, 0.1) is 10.9 Å². The van der Waals surface area contributed by atoms with Crippen molar-refractivity contribution in [3.8, 4) is 5.69 Å². The van der Waals surface area contributed by atoms with Crippen molar-refractivity contribution in [2.24, 2.45) is 0 Å². The van der Waals surface area contributed by atoms with E-state index in [1.807, 2.05) is 0 Å². The molecule has 0 aliphatic carbocycles. The summed E-state index contributed by atoms with van der Waals surface area (Å²) in [5.74, 6) is -1.31. The molecular formula is C22H19FN6O3. The van der Waals surface area contributed by atoms with Crippen LogP contribution in [0, 0.1) is 12.7 Å². The molecule has 162 valence electrons. The van der Waals surface area contributed by atoms with Crippen LogP contribution in [0.15, 0.2) is 64.2 Å². The lowest BCUT2D eigenvalue weighted by atomic mass is 10.2. The molecule has 2 aromatic heterocycles. The molecule has 0 fully saturated rings. The third kappa shape index (κ3) is 3.73. The highest BCUT2D eigenvalue weighted by atomic mass is 19.1. The molecule has 0 saturated heterocycles. The van der Waals surface area contributed by atoms with E-state index in [9.17, 15) is 18.8 Å². The molecule has 0 radical (unpaired) electrons. The number of hydrazine groups is 1. The average molecular weight is 434 g/mol. The molecule has 4 rings (SSSR count). The number of nitrogens with zero attached hydrogens (tertiary/aromatic N) is 4. The molecule has 0 atom stereocenters. The molecule has 2 heterocycles. The second-order valence-corrected chi connectivity index (χ2v) is 6.94. The Bertz CT molecular complexity index is 1460. The lowest BCUT2D eigenvalue weighted by Crippen LogP contribution is -2.38. The highest BCUT2D eigenvalue weighted by molar-refractivity contribution is 5.92. The first-order valence-electron chi connectivity index (χ1n) is 9.82. The summed E-state index contributed by atoms with van der Waals surface area (Å²) >= 11 is 0. The number of halogens is 1. The first kappa shape index (κ1) is 20.9.